The fraction of sp³-hybridized carbons (Fsp3) is 0.571. The number of rotatable bonds is 8. The Kier molecular flexibility index (Phi) is 7.25. The van der Waals surface area contributed by atoms with E-state index in [1.807, 2.05) is 12.1 Å². The van der Waals surface area contributed by atoms with Crippen LogP contribution in [0.1, 0.15) is 32.3 Å². The lowest BCUT2D eigenvalue weighted by molar-refractivity contribution is 0.0760. The van der Waals surface area contributed by atoms with Crippen molar-refractivity contribution in [2.75, 3.05) is 13.2 Å². The van der Waals surface area contributed by atoms with Gasteiger partial charge in [-0.3, -0.25) is 0 Å². The summed E-state index contributed by atoms with van der Waals surface area (Å²) in [5.41, 5.74) is 1.27. The first kappa shape index (κ1) is 14.5. The summed E-state index contributed by atoms with van der Waals surface area (Å²) in [6, 6.07) is 7.96. The van der Waals surface area contributed by atoms with E-state index in [0.717, 1.165) is 37.6 Å². The molecule has 96 valence electrons. The fourth-order valence-corrected chi connectivity index (χ4v) is 1.63. The van der Waals surface area contributed by atoms with E-state index in [4.69, 9.17) is 16.3 Å². The van der Waals surface area contributed by atoms with Crippen molar-refractivity contribution < 1.29 is 4.74 Å². The van der Waals surface area contributed by atoms with Gasteiger partial charge in [0.25, 0.3) is 0 Å². The molecule has 0 heterocycles. The van der Waals surface area contributed by atoms with Crippen LogP contribution in [0.25, 0.3) is 0 Å². The Balaban J connectivity index is 1.99. The first-order chi connectivity index (χ1) is 8.18. The van der Waals surface area contributed by atoms with E-state index in [1.54, 1.807) is 0 Å². The van der Waals surface area contributed by atoms with Crippen LogP contribution in [0.4, 0.5) is 0 Å². The lowest BCUT2D eigenvalue weighted by Gasteiger charge is -2.08. The number of unbranched alkanes of at least 4 members (excludes halogenated alkanes) is 1. The Morgan fingerprint density at radius 3 is 2.53 bits per heavy atom. The summed E-state index contributed by atoms with van der Waals surface area (Å²) >= 11 is 5.82. The molecule has 3 heteroatoms. The van der Waals surface area contributed by atoms with Crippen LogP contribution < -0.4 is 5.32 Å². The van der Waals surface area contributed by atoms with Crippen LogP contribution >= 0.6 is 11.6 Å². The molecule has 1 aromatic rings. The zero-order chi connectivity index (χ0) is 12.5. The first-order valence-electron chi connectivity index (χ1n) is 6.25. The van der Waals surface area contributed by atoms with Gasteiger partial charge < -0.3 is 10.1 Å². The maximum Gasteiger partial charge on any atom is 0.0518 e. The molecule has 1 aromatic carbocycles. The van der Waals surface area contributed by atoms with Gasteiger partial charge in [0.2, 0.25) is 0 Å². The fourth-order valence-electron chi connectivity index (χ4n) is 1.51. The van der Waals surface area contributed by atoms with E-state index in [2.05, 4.69) is 31.3 Å². The van der Waals surface area contributed by atoms with E-state index in [9.17, 15) is 0 Å². The smallest absolute Gasteiger partial charge is 0.0518 e. The zero-order valence-electron chi connectivity index (χ0n) is 10.7. The summed E-state index contributed by atoms with van der Waals surface area (Å²) in [6.45, 7) is 6.93. The van der Waals surface area contributed by atoms with Crippen LogP contribution in [-0.4, -0.2) is 19.3 Å². The SMILES string of the molecule is CC(C)OCCCCNCc1ccc(Cl)cc1. The monoisotopic (exact) mass is 255 g/mol. The van der Waals surface area contributed by atoms with E-state index < -0.39 is 0 Å². The quantitative estimate of drug-likeness (QED) is 0.717. The summed E-state index contributed by atoms with van der Waals surface area (Å²) in [6.07, 6.45) is 2.61. The van der Waals surface area contributed by atoms with Gasteiger partial charge in [-0.05, 0) is 50.9 Å². The number of nitrogens with one attached hydrogen (secondary N) is 1. The van der Waals surface area contributed by atoms with Gasteiger partial charge in [-0.2, -0.15) is 0 Å². The van der Waals surface area contributed by atoms with Gasteiger partial charge in [0.05, 0.1) is 6.10 Å². The number of hydrogen-bond acceptors (Lipinski definition) is 2. The molecule has 0 aliphatic rings. The van der Waals surface area contributed by atoms with E-state index >= 15 is 0 Å². The minimum absolute atomic E-state index is 0.344. The lowest BCUT2D eigenvalue weighted by atomic mass is 10.2. The van der Waals surface area contributed by atoms with Crippen LogP contribution in [0, 0.1) is 0 Å². The Labute approximate surface area is 109 Å². The number of hydrogen-bond donors (Lipinski definition) is 1. The van der Waals surface area contributed by atoms with Crippen molar-refractivity contribution in [3.8, 4) is 0 Å². The van der Waals surface area contributed by atoms with Crippen LogP contribution in [0.2, 0.25) is 5.02 Å². The highest BCUT2D eigenvalue weighted by atomic mass is 35.5. The third-order valence-corrected chi connectivity index (χ3v) is 2.69. The van der Waals surface area contributed by atoms with Gasteiger partial charge >= 0.3 is 0 Å². The third kappa shape index (κ3) is 7.37. The molecule has 1 N–H and O–H groups in total. The highest BCUT2D eigenvalue weighted by Crippen LogP contribution is 2.09. The average molecular weight is 256 g/mol. The predicted octanol–water partition coefficient (Wildman–Crippen LogP) is 3.63. The van der Waals surface area contributed by atoms with Crippen molar-refractivity contribution in [3.05, 3.63) is 34.9 Å². The van der Waals surface area contributed by atoms with Gasteiger partial charge in [-0.25, -0.2) is 0 Å². The maximum absolute atomic E-state index is 5.82. The predicted molar refractivity (Wildman–Crippen MR) is 73.5 cm³/mol. The molecule has 2 nitrogen and oxygen atoms in total. The summed E-state index contributed by atoms with van der Waals surface area (Å²) in [5.74, 6) is 0. The molecule has 0 amide bonds. The van der Waals surface area contributed by atoms with Crippen molar-refractivity contribution in [1.82, 2.24) is 5.32 Å². The highest BCUT2D eigenvalue weighted by Gasteiger charge is 1.95. The minimum atomic E-state index is 0.344. The van der Waals surface area contributed by atoms with E-state index in [1.165, 1.54) is 5.56 Å². The maximum atomic E-state index is 5.82. The average Bonchev–Trinajstić information content (AvgIpc) is 2.30. The first-order valence-corrected chi connectivity index (χ1v) is 6.63. The molecular formula is C14H22ClNO. The Morgan fingerprint density at radius 1 is 1.18 bits per heavy atom. The van der Waals surface area contributed by atoms with Gasteiger partial charge in [0.1, 0.15) is 0 Å². The topological polar surface area (TPSA) is 21.3 Å². The molecule has 0 spiro atoms. The molecule has 0 aliphatic carbocycles. The molecule has 0 saturated heterocycles. The Bertz CT molecular complexity index is 298. The molecule has 0 atom stereocenters. The van der Waals surface area contributed by atoms with E-state index in [0.29, 0.717) is 6.10 Å². The van der Waals surface area contributed by atoms with Crippen molar-refractivity contribution in [2.24, 2.45) is 0 Å². The summed E-state index contributed by atoms with van der Waals surface area (Å²) in [4.78, 5) is 0. The number of halogens is 1. The highest BCUT2D eigenvalue weighted by molar-refractivity contribution is 6.30. The summed E-state index contributed by atoms with van der Waals surface area (Å²) in [5, 5.41) is 4.20. The number of benzene rings is 1. The molecule has 0 saturated carbocycles. The van der Waals surface area contributed by atoms with Crippen molar-refractivity contribution in [3.63, 3.8) is 0 Å². The molecule has 0 aromatic heterocycles. The molecule has 17 heavy (non-hydrogen) atoms. The molecule has 0 fully saturated rings. The van der Waals surface area contributed by atoms with E-state index in [-0.39, 0.29) is 0 Å². The van der Waals surface area contributed by atoms with Crippen LogP contribution in [0.5, 0.6) is 0 Å². The van der Waals surface area contributed by atoms with Crippen molar-refractivity contribution >= 4 is 11.6 Å². The molecule has 0 radical (unpaired) electrons. The molecule has 0 aliphatic heterocycles. The zero-order valence-corrected chi connectivity index (χ0v) is 11.5. The Hall–Kier alpha value is -0.570. The third-order valence-electron chi connectivity index (χ3n) is 2.44. The second-order valence-corrected chi connectivity index (χ2v) is 4.87. The van der Waals surface area contributed by atoms with Gasteiger partial charge in [0, 0.05) is 18.2 Å². The van der Waals surface area contributed by atoms with Gasteiger partial charge in [-0.1, -0.05) is 23.7 Å². The molecular weight excluding hydrogens is 234 g/mol. The molecule has 1 rings (SSSR count). The van der Waals surface area contributed by atoms with Gasteiger partial charge in [0.15, 0.2) is 0 Å². The largest absolute Gasteiger partial charge is 0.379 e. The van der Waals surface area contributed by atoms with Crippen molar-refractivity contribution in [2.45, 2.75) is 39.3 Å². The van der Waals surface area contributed by atoms with Gasteiger partial charge in [-0.15, -0.1) is 0 Å². The molecule has 0 unspecified atom stereocenters. The second-order valence-electron chi connectivity index (χ2n) is 4.43. The van der Waals surface area contributed by atoms with Crippen LogP contribution in [0.3, 0.4) is 0 Å². The van der Waals surface area contributed by atoms with Crippen molar-refractivity contribution in [1.29, 1.82) is 0 Å². The minimum Gasteiger partial charge on any atom is -0.379 e. The summed E-state index contributed by atoms with van der Waals surface area (Å²) < 4.78 is 5.48. The number of ether oxygens (including phenoxy) is 1. The standard InChI is InChI=1S/C14H22ClNO/c1-12(2)17-10-4-3-9-16-11-13-5-7-14(15)8-6-13/h5-8,12,16H,3-4,9-11H2,1-2H3. The molecule has 0 bridgehead atoms. The normalized spacial score (nSPS) is 11.1. The van der Waals surface area contributed by atoms with Crippen LogP contribution in [0.15, 0.2) is 24.3 Å². The second kappa shape index (κ2) is 8.51. The lowest BCUT2D eigenvalue weighted by Crippen LogP contribution is -2.15. The summed E-state index contributed by atoms with van der Waals surface area (Å²) in [7, 11) is 0. The Morgan fingerprint density at radius 2 is 1.88 bits per heavy atom. The van der Waals surface area contributed by atoms with Crippen LogP contribution in [-0.2, 0) is 11.3 Å².